The van der Waals surface area contributed by atoms with Gasteiger partial charge in [-0.1, -0.05) is 12.1 Å². The van der Waals surface area contributed by atoms with Crippen LogP contribution in [-0.2, 0) is 27.5 Å². The monoisotopic (exact) mass is 445 g/mol. The number of rotatable bonds is 6. The van der Waals surface area contributed by atoms with Gasteiger partial charge in [-0.05, 0) is 29.8 Å². The van der Waals surface area contributed by atoms with E-state index in [1.807, 2.05) is 0 Å². The Labute approximate surface area is 170 Å². The fourth-order valence-corrected chi connectivity index (χ4v) is 4.39. The molecule has 0 atom stereocenters. The van der Waals surface area contributed by atoms with Gasteiger partial charge in [-0.15, -0.1) is 0 Å². The molecule has 1 aliphatic rings. The standard InChI is InChI=1S/C18H18F3N3O5S/c19-18(20,21)14-3-1-2-13(10-14)12-22-16-5-4-15(11-17(16)24(25)26)30(27,28)23-6-8-29-9-7-23/h1-5,10-11,22H,6-9,12H2. The van der Waals surface area contributed by atoms with Crippen molar-refractivity contribution in [3.05, 3.63) is 63.7 Å². The molecule has 0 unspecified atom stereocenters. The van der Waals surface area contributed by atoms with E-state index in [2.05, 4.69) is 5.32 Å². The van der Waals surface area contributed by atoms with E-state index in [-0.39, 0.29) is 49.0 Å². The molecule has 1 saturated heterocycles. The van der Waals surface area contributed by atoms with Gasteiger partial charge in [-0.2, -0.15) is 17.5 Å². The topological polar surface area (TPSA) is 102 Å². The third-order valence-electron chi connectivity index (χ3n) is 4.51. The fourth-order valence-electron chi connectivity index (χ4n) is 2.96. The first-order chi connectivity index (χ1) is 14.1. The van der Waals surface area contributed by atoms with Crippen LogP contribution >= 0.6 is 0 Å². The predicted molar refractivity (Wildman–Crippen MR) is 101 cm³/mol. The number of nitro groups is 1. The molecular formula is C18H18F3N3O5S. The largest absolute Gasteiger partial charge is 0.416 e. The van der Waals surface area contributed by atoms with Crippen LogP contribution in [0.2, 0.25) is 0 Å². The molecule has 0 aliphatic carbocycles. The number of ether oxygens (including phenoxy) is 1. The Balaban J connectivity index is 1.83. The van der Waals surface area contributed by atoms with Crippen molar-refractivity contribution in [1.29, 1.82) is 0 Å². The maximum absolute atomic E-state index is 12.8. The molecule has 3 rings (SSSR count). The summed E-state index contributed by atoms with van der Waals surface area (Å²) in [5, 5.41) is 14.2. The van der Waals surface area contributed by atoms with E-state index in [9.17, 15) is 31.7 Å². The fraction of sp³-hybridized carbons (Fsp3) is 0.333. The van der Waals surface area contributed by atoms with Gasteiger partial charge >= 0.3 is 6.18 Å². The lowest BCUT2D eigenvalue weighted by atomic mass is 10.1. The smallest absolute Gasteiger partial charge is 0.379 e. The van der Waals surface area contributed by atoms with Gasteiger partial charge in [0.25, 0.3) is 5.69 Å². The number of hydrogen-bond donors (Lipinski definition) is 1. The quantitative estimate of drug-likeness (QED) is 0.541. The van der Waals surface area contributed by atoms with Crippen LogP contribution in [0.1, 0.15) is 11.1 Å². The molecule has 0 spiro atoms. The number of morpholine rings is 1. The molecule has 1 heterocycles. The van der Waals surface area contributed by atoms with E-state index < -0.39 is 32.4 Å². The van der Waals surface area contributed by atoms with Gasteiger partial charge in [-0.3, -0.25) is 10.1 Å². The number of halogens is 3. The Kier molecular flexibility index (Phi) is 6.29. The molecular weight excluding hydrogens is 427 g/mol. The summed E-state index contributed by atoms with van der Waals surface area (Å²) in [6.07, 6.45) is -4.50. The molecule has 0 bridgehead atoms. The first-order valence-electron chi connectivity index (χ1n) is 8.85. The summed E-state index contributed by atoms with van der Waals surface area (Å²) >= 11 is 0. The highest BCUT2D eigenvalue weighted by atomic mass is 32.2. The van der Waals surface area contributed by atoms with Crippen molar-refractivity contribution in [2.24, 2.45) is 0 Å². The molecule has 0 aromatic heterocycles. The molecule has 30 heavy (non-hydrogen) atoms. The van der Waals surface area contributed by atoms with Crippen molar-refractivity contribution in [2.75, 3.05) is 31.6 Å². The lowest BCUT2D eigenvalue weighted by Gasteiger charge is -2.26. The highest BCUT2D eigenvalue weighted by Gasteiger charge is 2.31. The maximum atomic E-state index is 12.8. The molecule has 0 saturated carbocycles. The first-order valence-corrected chi connectivity index (χ1v) is 10.3. The second kappa shape index (κ2) is 8.58. The Bertz CT molecular complexity index is 1040. The van der Waals surface area contributed by atoms with E-state index in [1.165, 1.54) is 28.6 Å². The van der Waals surface area contributed by atoms with Crippen LogP contribution in [0.4, 0.5) is 24.5 Å². The van der Waals surface area contributed by atoms with Crippen LogP contribution in [0.3, 0.4) is 0 Å². The lowest BCUT2D eigenvalue weighted by molar-refractivity contribution is -0.384. The minimum absolute atomic E-state index is 0.00154. The summed E-state index contributed by atoms with van der Waals surface area (Å²) in [6, 6.07) is 7.97. The van der Waals surface area contributed by atoms with E-state index in [1.54, 1.807) is 0 Å². The van der Waals surface area contributed by atoms with Crippen molar-refractivity contribution < 1.29 is 31.2 Å². The molecule has 2 aromatic carbocycles. The summed E-state index contributed by atoms with van der Waals surface area (Å²) in [5.74, 6) is 0. The number of anilines is 1. The van der Waals surface area contributed by atoms with Crippen LogP contribution in [0, 0.1) is 10.1 Å². The molecule has 0 radical (unpaired) electrons. The van der Waals surface area contributed by atoms with E-state index in [0.29, 0.717) is 0 Å². The SMILES string of the molecule is O=[N+]([O-])c1cc(S(=O)(=O)N2CCOCC2)ccc1NCc1cccc(C(F)(F)F)c1. The van der Waals surface area contributed by atoms with Crippen LogP contribution in [-0.4, -0.2) is 43.9 Å². The van der Waals surface area contributed by atoms with Crippen molar-refractivity contribution >= 4 is 21.4 Å². The molecule has 1 fully saturated rings. The third kappa shape index (κ3) is 4.89. The molecule has 0 amide bonds. The number of nitrogens with zero attached hydrogens (tertiary/aromatic N) is 2. The number of alkyl halides is 3. The minimum Gasteiger partial charge on any atom is -0.379 e. The maximum Gasteiger partial charge on any atom is 0.416 e. The van der Waals surface area contributed by atoms with Crippen molar-refractivity contribution in [3.63, 3.8) is 0 Å². The zero-order valence-corrected chi connectivity index (χ0v) is 16.4. The van der Waals surface area contributed by atoms with Crippen LogP contribution < -0.4 is 5.32 Å². The van der Waals surface area contributed by atoms with Crippen LogP contribution in [0.15, 0.2) is 47.4 Å². The Morgan fingerprint density at radius 2 is 1.83 bits per heavy atom. The highest BCUT2D eigenvalue weighted by molar-refractivity contribution is 7.89. The summed E-state index contributed by atoms with van der Waals surface area (Å²) < 4.78 is 70.2. The Morgan fingerprint density at radius 3 is 2.47 bits per heavy atom. The van der Waals surface area contributed by atoms with Gasteiger partial charge in [0.05, 0.1) is 28.6 Å². The average molecular weight is 445 g/mol. The van der Waals surface area contributed by atoms with Crippen molar-refractivity contribution in [2.45, 2.75) is 17.6 Å². The minimum atomic E-state index is -4.50. The van der Waals surface area contributed by atoms with E-state index in [0.717, 1.165) is 18.2 Å². The molecule has 2 aromatic rings. The number of nitro benzene ring substituents is 1. The molecule has 12 heteroatoms. The molecule has 1 N–H and O–H groups in total. The average Bonchev–Trinajstić information content (AvgIpc) is 2.72. The highest BCUT2D eigenvalue weighted by Crippen LogP contribution is 2.31. The normalized spacial score (nSPS) is 15.7. The van der Waals surface area contributed by atoms with Crippen molar-refractivity contribution in [1.82, 2.24) is 4.31 Å². The second-order valence-corrected chi connectivity index (χ2v) is 8.44. The van der Waals surface area contributed by atoms with Gasteiger partial charge < -0.3 is 10.1 Å². The first kappa shape index (κ1) is 22.0. The van der Waals surface area contributed by atoms with Gasteiger partial charge in [0.1, 0.15) is 5.69 Å². The van der Waals surface area contributed by atoms with Crippen LogP contribution in [0.5, 0.6) is 0 Å². The van der Waals surface area contributed by atoms with Crippen molar-refractivity contribution in [3.8, 4) is 0 Å². The third-order valence-corrected chi connectivity index (χ3v) is 6.41. The van der Waals surface area contributed by atoms with Gasteiger partial charge in [0.15, 0.2) is 0 Å². The summed E-state index contributed by atoms with van der Waals surface area (Å²) in [4.78, 5) is 10.5. The van der Waals surface area contributed by atoms with Gasteiger partial charge in [-0.25, -0.2) is 8.42 Å². The van der Waals surface area contributed by atoms with Gasteiger partial charge in [0.2, 0.25) is 10.0 Å². The predicted octanol–water partition coefficient (Wildman–Crippen LogP) is 3.25. The molecule has 162 valence electrons. The number of hydrogen-bond acceptors (Lipinski definition) is 6. The molecule has 8 nitrogen and oxygen atoms in total. The Hall–Kier alpha value is -2.70. The number of benzene rings is 2. The zero-order valence-electron chi connectivity index (χ0n) is 15.6. The van der Waals surface area contributed by atoms with E-state index >= 15 is 0 Å². The zero-order chi connectivity index (χ0) is 21.9. The summed E-state index contributed by atoms with van der Waals surface area (Å²) in [6.45, 7) is 0.646. The summed E-state index contributed by atoms with van der Waals surface area (Å²) in [7, 11) is -3.93. The number of sulfonamides is 1. The number of nitrogens with one attached hydrogen (secondary N) is 1. The summed E-state index contributed by atoms with van der Waals surface area (Å²) in [5.41, 5.74) is -1.05. The van der Waals surface area contributed by atoms with Crippen LogP contribution in [0.25, 0.3) is 0 Å². The van der Waals surface area contributed by atoms with Gasteiger partial charge in [0, 0.05) is 25.7 Å². The van der Waals surface area contributed by atoms with E-state index in [4.69, 9.17) is 4.74 Å². The second-order valence-electron chi connectivity index (χ2n) is 6.50. The molecule has 1 aliphatic heterocycles. The lowest BCUT2D eigenvalue weighted by Crippen LogP contribution is -2.40. The Morgan fingerprint density at radius 1 is 1.13 bits per heavy atom.